The van der Waals surface area contributed by atoms with E-state index in [0.29, 0.717) is 22.3 Å². The maximum atomic E-state index is 13.8. The van der Waals surface area contributed by atoms with Gasteiger partial charge in [-0.05, 0) is 55.0 Å². The lowest BCUT2D eigenvalue weighted by Crippen LogP contribution is -2.31. The minimum Gasteiger partial charge on any atom is -0.497 e. The summed E-state index contributed by atoms with van der Waals surface area (Å²) < 4.78 is 35.8. The maximum Gasteiger partial charge on any atom is 0.268 e. The molecule has 0 saturated carbocycles. The first-order chi connectivity index (χ1) is 14.4. The van der Waals surface area contributed by atoms with E-state index in [1.807, 2.05) is 12.1 Å². The molecule has 0 amide bonds. The molecule has 0 aliphatic rings. The Labute approximate surface area is 179 Å². The molecule has 4 aromatic rings. The van der Waals surface area contributed by atoms with E-state index in [1.54, 1.807) is 67.1 Å². The first-order valence-corrected chi connectivity index (χ1v) is 10.9. The van der Waals surface area contributed by atoms with Gasteiger partial charge in [0.25, 0.3) is 10.0 Å². The predicted octanol–water partition coefficient (Wildman–Crippen LogP) is 4.10. The molecule has 0 saturated heterocycles. The van der Waals surface area contributed by atoms with E-state index in [0.717, 1.165) is 5.56 Å². The summed E-state index contributed by atoms with van der Waals surface area (Å²) in [5.74, 6) is 1.25. The number of pyridine rings is 1. The fourth-order valence-corrected chi connectivity index (χ4v) is 4.96. The van der Waals surface area contributed by atoms with Crippen molar-refractivity contribution in [1.82, 2.24) is 14.6 Å². The number of halogens is 1. The van der Waals surface area contributed by atoms with Gasteiger partial charge in [-0.3, -0.25) is 8.71 Å². The summed E-state index contributed by atoms with van der Waals surface area (Å²) in [5.41, 5.74) is 1.48. The third-order valence-corrected chi connectivity index (χ3v) is 6.72. The Hall–Kier alpha value is -3.10. The smallest absolute Gasteiger partial charge is 0.268 e. The average molecular weight is 443 g/mol. The third-order valence-electron chi connectivity index (χ3n) is 4.69. The number of sulfonamides is 1. The number of anilines is 1. The highest BCUT2D eigenvalue weighted by molar-refractivity contribution is 7.93. The Morgan fingerprint density at radius 3 is 2.63 bits per heavy atom. The molecule has 0 radical (unpaired) electrons. The number of hydrogen-bond acceptors (Lipinski definition) is 5. The Morgan fingerprint density at radius 1 is 1.07 bits per heavy atom. The first-order valence-electron chi connectivity index (χ1n) is 9.12. The zero-order valence-electron chi connectivity index (χ0n) is 16.4. The minimum atomic E-state index is -3.99. The molecule has 154 valence electrons. The standard InChI is InChI=1S/C21H19ClN4O3S/c1-15-23-24-21-20(10-5-11-25(15)21)30(27,28)26(18-8-4-7-17(22)13-18)14-16-6-3-9-19(12-16)29-2/h3-13H,14H2,1-2H3. The molecule has 0 bridgehead atoms. The van der Waals surface area contributed by atoms with Crippen LogP contribution in [0.5, 0.6) is 5.75 Å². The van der Waals surface area contributed by atoms with E-state index in [1.165, 1.54) is 10.4 Å². The average Bonchev–Trinajstić information content (AvgIpc) is 3.13. The molecule has 0 spiro atoms. The third kappa shape index (κ3) is 3.71. The van der Waals surface area contributed by atoms with E-state index >= 15 is 0 Å². The van der Waals surface area contributed by atoms with Crippen LogP contribution < -0.4 is 9.04 Å². The first kappa shape index (κ1) is 20.2. The van der Waals surface area contributed by atoms with Crippen LogP contribution in [0.15, 0.2) is 71.8 Å². The fraction of sp³-hybridized carbons (Fsp3) is 0.143. The lowest BCUT2D eigenvalue weighted by molar-refractivity contribution is 0.414. The van der Waals surface area contributed by atoms with Crippen LogP contribution in [-0.2, 0) is 16.6 Å². The van der Waals surface area contributed by atoms with Crippen LogP contribution >= 0.6 is 11.6 Å². The van der Waals surface area contributed by atoms with Crippen LogP contribution in [0.2, 0.25) is 5.02 Å². The number of nitrogens with zero attached hydrogens (tertiary/aromatic N) is 4. The quantitative estimate of drug-likeness (QED) is 0.449. The second-order valence-electron chi connectivity index (χ2n) is 6.66. The minimum absolute atomic E-state index is 0.0634. The number of benzene rings is 2. The van der Waals surface area contributed by atoms with Gasteiger partial charge in [0, 0.05) is 11.2 Å². The van der Waals surface area contributed by atoms with Gasteiger partial charge in [0.15, 0.2) is 5.65 Å². The molecule has 0 fully saturated rings. The number of methoxy groups -OCH3 is 1. The molecular weight excluding hydrogens is 424 g/mol. The molecule has 9 heteroatoms. The molecule has 0 aliphatic carbocycles. The van der Waals surface area contributed by atoms with Crippen molar-refractivity contribution < 1.29 is 13.2 Å². The van der Waals surface area contributed by atoms with E-state index in [9.17, 15) is 8.42 Å². The van der Waals surface area contributed by atoms with Gasteiger partial charge < -0.3 is 4.74 Å². The summed E-state index contributed by atoms with van der Waals surface area (Å²) >= 11 is 6.17. The monoisotopic (exact) mass is 442 g/mol. The van der Waals surface area contributed by atoms with Crippen molar-refractivity contribution in [2.75, 3.05) is 11.4 Å². The summed E-state index contributed by atoms with van der Waals surface area (Å²) in [6, 6.07) is 17.2. The van der Waals surface area contributed by atoms with Gasteiger partial charge in [0.05, 0.1) is 19.3 Å². The Morgan fingerprint density at radius 2 is 1.87 bits per heavy atom. The van der Waals surface area contributed by atoms with Crippen molar-refractivity contribution in [3.8, 4) is 5.75 Å². The molecule has 0 unspecified atom stereocenters. The SMILES string of the molecule is COc1cccc(CN(c2cccc(Cl)c2)S(=O)(=O)c2cccn3c(C)nnc23)c1. The van der Waals surface area contributed by atoms with Crippen molar-refractivity contribution in [2.24, 2.45) is 0 Å². The van der Waals surface area contributed by atoms with Gasteiger partial charge in [0.2, 0.25) is 0 Å². The second-order valence-corrected chi connectivity index (χ2v) is 8.92. The van der Waals surface area contributed by atoms with Crippen LogP contribution in [0.25, 0.3) is 5.65 Å². The summed E-state index contributed by atoms with van der Waals surface area (Å²) in [6.07, 6.45) is 1.73. The van der Waals surface area contributed by atoms with Gasteiger partial charge in [-0.25, -0.2) is 8.42 Å². The molecule has 0 atom stereocenters. The normalized spacial score (nSPS) is 11.6. The van der Waals surface area contributed by atoms with E-state index < -0.39 is 10.0 Å². The Kier molecular flexibility index (Phi) is 5.36. The van der Waals surface area contributed by atoms with Gasteiger partial charge in [-0.15, -0.1) is 10.2 Å². The molecule has 2 heterocycles. The number of aromatic nitrogens is 3. The number of aryl methyl sites for hydroxylation is 1. The maximum absolute atomic E-state index is 13.8. The summed E-state index contributed by atoms with van der Waals surface area (Å²) in [4.78, 5) is 0.0634. The van der Waals surface area contributed by atoms with Gasteiger partial charge >= 0.3 is 0 Å². The Bertz CT molecular complexity index is 1320. The highest BCUT2D eigenvalue weighted by Crippen LogP contribution is 2.30. The summed E-state index contributed by atoms with van der Waals surface area (Å²) in [6.45, 7) is 1.86. The largest absolute Gasteiger partial charge is 0.497 e. The lowest BCUT2D eigenvalue weighted by atomic mass is 10.2. The van der Waals surface area contributed by atoms with Gasteiger partial charge in [-0.2, -0.15) is 0 Å². The van der Waals surface area contributed by atoms with Crippen LogP contribution in [0.3, 0.4) is 0 Å². The topological polar surface area (TPSA) is 76.8 Å². The highest BCUT2D eigenvalue weighted by atomic mass is 35.5. The van der Waals surface area contributed by atoms with E-state index in [-0.39, 0.29) is 17.1 Å². The van der Waals surface area contributed by atoms with Crippen molar-refractivity contribution in [3.63, 3.8) is 0 Å². The van der Waals surface area contributed by atoms with Crippen LogP contribution in [0, 0.1) is 6.92 Å². The molecule has 2 aromatic heterocycles. The van der Waals surface area contributed by atoms with E-state index in [4.69, 9.17) is 16.3 Å². The van der Waals surface area contributed by atoms with Crippen molar-refractivity contribution in [2.45, 2.75) is 18.4 Å². The number of rotatable bonds is 6. The van der Waals surface area contributed by atoms with Crippen molar-refractivity contribution in [1.29, 1.82) is 0 Å². The predicted molar refractivity (Wildman–Crippen MR) is 116 cm³/mol. The van der Waals surface area contributed by atoms with Crippen LogP contribution in [-0.4, -0.2) is 30.1 Å². The summed E-state index contributed by atoms with van der Waals surface area (Å²) in [7, 11) is -2.42. The zero-order chi connectivity index (χ0) is 21.3. The summed E-state index contributed by atoms with van der Waals surface area (Å²) in [5, 5.41) is 8.53. The van der Waals surface area contributed by atoms with E-state index in [2.05, 4.69) is 10.2 Å². The second kappa shape index (κ2) is 7.97. The zero-order valence-corrected chi connectivity index (χ0v) is 17.9. The van der Waals surface area contributed by atoms with Gasteiger partial charge in [0.1, 0.15) is 16.5 Å². The van der Waals surface area contributed by atoms with Crippen LogP contribution in [0.1, 0.15) is 11.4 Å². The van der Waals surface area contributed by atoms with Gasteiger partial charge in [-0.1, -0.05) is 29.8 Å². The number of fused-ring (bicyclic) bond motifs is 1. The van der Waals surface area contributed by atoms with Crippen molar-refractivity contribution in [3.05, 3.63) is 83.3 Å². The lowest BCUT2D eigenvalue weighted by Gasteiger charge is -2.25. The number of hydrogen-bond donors (Lipinski definition) is 0. The molecule has 0 aliphatic heterocycles. The molecule has 2 aromatic carbocycles. The fourth-order valence-electron chi connectivity index (χ4n) is 3.21. The Balaban J connectivity index is 1.87. The molecule has 0 N–H and O–H groups in total. The van der Waals surface area contributed by atoms with Crippen molar-refractivity contribution >= 4 is 33.0 Å². The number of ether oxygens (including phenoxy) is 1. The highest BCUT2D eigenvalue weighted by Gasteiger charge is 2.29. The van der Waals surface area contributed by atoms with Crippen LogP contribution in [0.4, 0.5) is 5.69 Å². The molecule has 30 heavy (non-hydrogen) atoms. The molecule has 7 nitrogen and oxygen atoms in total. The molecular formula is C21H19ClN4O3S. The molecule has 4 rings (SSSR count).